The van der Waals surface area contributed by atoms with Crippen LogP contribution >= 0.6 is 23.2 Å². The van der Waals surface area contributed by atoms with E-state index in [1.54, 1.807) is 36.4 Å². The van der Waals surface area contributed by atoms with Crippen LogP contribution in [0.4, 0.5) is 32.0 Å². The van der Waals surface area contributed by atoms with Gasteiger partial charge in [-0.1, -0.05) is 123 Å². The molecule has 13 heteroatoms. The van der Waals surface area contributed by atoms with Crippen LogP contribution in [0.5, 0.6) is 0 Å². The van der Waals surface area contributed by atoms with Gasteiger partial charge < -0.3 is 16.4 Å². The number of amides is 2. The first-order valence-electron chi connectivity index (χ1n) is 17.5. The molecule has 2 amide bonds. The van der Waals surface area contributed by atoms with Gasteiger partial charge >= 0.3 is 12.4 Å². The quantitative estimate of drug-likeness (QED) is 0.109. The SMILES string of the molecule is CC(C)(C)c1ccc(CN(CCc2cccc(C(F)(F)F)c2)C(=O)c2c(N)ccc(Cl)c2Cl)cc1.NC(=O)c1ccccc1CCc1cccc(C(F)(F)F)c1. The van der Waals surface area contributed by atoms with Crippen molar-refractivity contribution in [3.8, 4) is 0 Å². The number of nitrogen functional groups attached to an aromatic ring is 1. The Labute approximate surface area is 332 Å². The molecule has 0 aromatic heterocycles. The monoisotopic (exact) mass is 815 g/mol. The Morgan fingerprint density at radius 3 is 1.73 bits per heavy atom. The van der Waals surface area contributed by atoms with Crippen molar-refractivity contribution in [3.05, 3.63) is 169 Å². The van der Waals surface area contributed by atoms with Gasteiger partial charge in [0.15, 0.2) is 0 Å². The number of aryl methyl sites for hydroxylation is 2. The van der Waals surface area contributed by atoms with E-state index in [0.717, 1.165) is 41.0 Å². The number of halogens is 8. The van der Waals surface area contributed by atoms with E-state index in [9.17, 15) is 35.9 Å². The molecule has 56 heavy (non-hydrogen) atoms. The summed E-state index contributed by atoms with van der Waals surface area (Å²) in [5, 5.41) is 0.236. The molecule has 0 heterocycles. The Hall–Kier alpha value is -5.00. The van der Waals surface area contributed by atoms with E-state index in [4.69, 9.17) is 34.7 Å². The molecule has 5 nitrogen and oxygen atoms in total. The summed E-state index contributed by atoms with van der Waals surface area (Å²) in [7, 11) is 0. The second kappa shape index (κ2) is 18.3. The van der Waals surface area contributed by atoms with Crippen molar-refractivity contribution in [1.29, 1.82) is 0 Å². The zero-order valence-electron chi connectivity index (χ0n) is 30.9. The Bertz CT molecular complexity index is 2150. The molecule has 4 N–H and O–H groups in total. The molecule has 0 radical (unpaired) electrons. The summed E-state index contributed by atoms with van der Waals surface area (Å²) in [5.74, 6) is -0.975. The molecular weight excluding hydrogens is 775 g/mol. The Morgan fingerprint density at radius 1 is 0.643 bits per heavy atom. The summed E-state index contributed by atoms with van der Waals surface area (Å²) in [6.45, 7) is 6.71. The van der Waals surface area contributed by atoms with Crippen molar-refractivity contribution in [2.45, 2.75) is 64.3 Å². The second-order valence-corrected chi connectivity index (χ2v) is 15.0. The number of carbonyl (C=O) groups excluding carboxylic acids is 2. The number of nitrogens with zero attached hydrogens (tertiary/aromatic N) is 1. The van der Waals surface area contributed by atoms with Crippen LogP contribution in [0.3, 0.4) is 0 Å². The van der Waals surface area contributed by atoms with E-state index in [1.807, 2.05) is 24.3 Å². The lowest BCUT2D eigenvalue weighted by Gasteiger charge is -2.25. The highest BCUT2D eigenvalue weighted by atomic mass is 35.5. The topological polar surface area (TPSA) is 89.4 Å². The zero-order chi connectivity index (χ0) is 41.4. The van der Waals surface area contributed by atoms with Crippen molar-refractivity contribution in [2.75, 3.05) is 12.3 Å². The summed E-state index contributed by atoms with van der Waals surface area (Å²) in [4.78, 5) is 26.4. The highest BCUT2D eigenvalue weighted by Crippen LogP contribution is 2.33. The standard InChI is InChI=1S/C27H27Cl2F3N2O.C16H14F3NO/c1-26(2,3)19-9-7-18(8-10-19)16-34(25(35)23-22(33)12-11-21(28)24(23)29)14-13-17-5-4-6-20(15-17)27(30,31)32;17-16(18,19)13-6-3-4-11(10-13)8-9-12-5-1-2-7-14(12)15(20)21/h4-12,15H,13-14,16,33H2,1-3H3;1-7,10H,8-9H2,(H2,20,21). The molecule has 5 aromatic carbocycles. The number of alkyl halides is 6. The smallest absolute Gasteiger partial charge is 0.398 e. The van der Waals surface area contributed by atoms with Crippen LogP contribution in [0, 0.1) is 0 Å². The number of benzene rings is 5. The predicted octanol–water partition coefficient (Wildman–Crippen LogP) is 11.4. The Kier molecular flexibility index (Phi) is 14.3. The minimum absolute atomic E-state index is 0.0275. The van der Waals surface area contributed by atoms with E-state index in [2.05, 4.69) is 20.8 Å². The maximum absolute atomic E-state index is 13.5. The molecular formula is C43H41Cl2F6N3O2. The van der Waals surface area contributed by atoms with E-state index in [1.165, 1.54) is 29.2 Å². The average molecular weight is 817 g/mol. The number of hydrogen-bond acceptors (Lipinski definition) is 3. The van der Waals surface area contributed by atoms with Gasteiger partial charge in [0.25, 0.3) is 5.91 Å². The fourth-order valence-corrected chi connectivity index (χ4v) is 6.26. The molecule has 0 spiro atoms. The van der Waals surface area contributed by atoms with Gasteiger partial charge in [-0.3, -0.25) is 9.59 Å². The predicted molar refractivity (Wildman–Crippen MR) is 210 cm³/mol. The highest BCUT2D eigenvalue weighted by molar-refractivity contribution is 6.44. The van der Waals surface area contributed by atoms with E-state index >= 15 is 0 Å². The molecule has 0 bridgehead atoms. The summed E-state index contributed by atoms with van der Waals surface area (Å²) < 4.78 is 77.3. The van der Waals surface area contributed by atoms with E-state index < -0.39 is 35.3 Å². The number of hydrogen-bond donors (Lipinski definition) is 2. The first-order chi connectivity index (χ1) is 26.1. The molecule has 0 fully saturated rings. The Balaban J connectivity index is 0.000000282. The highest BCUT2D eigenvalue weighted by Gasteiger charge is 2.31. The number of nitrogens with two attached hydrogens (primary N) is 2. The molecule has 0 saturated heterocycles. The third-order valence-corrected chi connectivity index (χ3v) is 9.77. The first-order valence-corrected chi connectivity index (χ1v) is 18.2. The van der Waals surface area contributed by atoms with Gasteiger partial charge in [0.1, 0.15) is 0 Å². The summed E-state index contributed by atoms with van der Waals surface area (Å²) in [5.41, 5.74) is 14.4. The molecule has 0 saturated carbocycles. The van der Waals surface area contributed by atoms with Gasteiger partial charge in [0.2, 0.25) is 5.91 Å². The maximum atomic E-state index is 13.5. The maximum Gasteiger partial charge on any atom is 0.416 e. The fraction of sp³-hybridized carbons (Fsp3) is 0.256. The number of carbonyl (C=O) groups is 2. The molecule has 5 rings (SSSR count). The van der Waals surface area contributed by atoms with Crippen molar-refractivity contribution >= 4 is 40.7 Å². The van der Waals surface area contributed by atoms with Crippen molar-refractivity contribution < 1.29 is 35.9 Å². The molecule has 5 aromatic rings. The van der Waals surface area contributed by atoms with Crippen molar-refractivity contribution in [2.24, 2.45) is 5.73 Å². The summed E-state index contributed by atoms with van der Waals surface area (Å²) in [6.07, 6.45) is -7.70. The van der Waals surface area contributed by atoms with Gasteiger partial charge in [-0.05, 0) is 82.8 Å². The lowest BCUT2D eigenvalue weighted by Crippen LogP contribution is -2.33. The summed E-state index contributed by atoms with van der Waals surface area (Å²) in [6, 6.07) is 28.0. The van der Waals surface area contributed by atoms with Crippen molar-refractivity contribution in [3.63, 3.8) is 0 Å². The van der Waals surface area contributed by atoms with Crippen LogP contribution in [-0.4, -0.2) is 23.3 Å². The van der Waals surface area contributed by atoms with Gasteiger partial charge in [0, 0.05) is 24.3 Å². The minimum atomic E-state index is -4.44. The number of primary amides is 1. The Morgan fingerprint density at radius 2 is 1.20 bits per heavy atom. The lowest BCUT2D eigenvalue weighted by atomic mass is 9.87. The van der Waals surface area contributed by atoms with Crippen LogP contribution in [0.15, 0.2) is 109 Å². The molecule has 0 atom stereocenters. The number of anilines is 1. The van der Waals surface area contributed by atoms with Crippen molar-refractivity contribution in [1.82, 2.24) is 4.90 Å². The molecule has 0 aliphatic heterocycles. The zero-order valence-corrected chi connectivity index (χ0v) is 32.4. The largest absolute Gasteiger partial charge is 0.416 e. The van der Waals surface area contributed by atoms with Gasteiger partial charge in [0.05, 0.1) is 26.7 Å². The van der Waals surface area contributed by atoms with Gasteiger partial charge in [-0.15, -0.1) is 0 Å². The number of rotatable bonds is 10. The third-order valence-electron chi connectivity index (χ3n) is 8.97. The first kappa shape index (κ1) is 43.7. The van der Waals surface area contributed by atoms with Crippen LogP contribution in [0.1, 0.15) is 80.4 Å². The third kappa shape index (κ3) is 12.0. The minimum Gasteiger partial charge on any atom is -0.398 e. The average Bonchev–Trinajstić information content (AvgIpc) is 3.14. The molecule has 0 aliphatic rings. The molecule has 296 valence electrons. The van der Waals surface area contributed by atoms with Crippen LogP contribution in [0.25, 0.3) is 0 Å². The van der Waals surface area contributed by atoms with Crippen LogP contribution in [0.2, 0.25) is 10.0 Å². The van der Waals surface area contributed by atoms with Crippen LogP contribution < -0.4 is 11.5 Å². The summed E-state index contributed by atoms with van der Waals surface area (Å²) >= 11 is 12.4. The van der Waals surface area contributed by atoms with E-state index in [-0.39, 0.29) is 46.2 Å². The normalized spacial score (nSPS) is 11.8. The van der Waals surface area contributed by atoms with Crippen LogP contribution in [-0.2, 0) is 43.6 Å². The lowest BCUT2D eigenvalue weighted by molar-refractivity contribution is -0.138. The van der Waals surface area contributed by atoms with Gasteiger partial charge in [-0.2, -0.15) is 26.3 Å². The second-order valence-electron chi connectivity index (χ2n) is 14.2. The van der Waals surface area contributed by atoms with Gasteiger partial charge in [-0.25, -0.2) is 0 Å². The fourth-order valence-electron chi connectivity index (χ4n) is 5.85. The molecule has 0 unspecified atom stereocenters. The van der Waals surface area contributed by atoms with E-state index in [0.29, 0.717) is 29.5 Å². The molecule has 0 aliphatic carbocycles.